The monoisotopic (exact) mass is 181 g/mol. The molecule has 0 fully saturated rings. The number of anilines is 1. The second-order valence-electron chi connectivity index (χ2n) is 2.57. The zero-order chi connectivity index (χ0) is 9.84. The number of nitro groups is 1. The van der Waals surface area contributed by atoms with Crippen LogP contribution in [0.1, 0.15) is 12.5 Å². The molecule has 0 unspecified atom stereocenters. The number of para-hydroxylation sites is 1. The first kappa shape index (κ1) is 9.47. The van der Waals surface area contributed by atoms with Crippen molar-refractivity contribution in [1.82, 2.24) is 0 Å². The van der Waals surface area contributed by atoms with Gasteiger partial charge in [0, 0.05) is 6.07 Å². The molecule has 1 aromatic carbocycles. The number of nitro benzene ring substituents is 1. The zero-order valence-corrected chi connectivity index (χ0v) is 7.28. The number of nitrogen functional groups attached to an aromatic ring is 1. The minimum atomic E-state index is -0.450. The molecular weight excluding hydrogens is 170 g/mol. The molecule has 0 saturated heterocycles. The summed E-state index contributed by atoms with van der Waals surface area (Å²) in [5.74, 6) is 5.21. The summed E-state index contributed by atoms with van der Waals surface area (Å²) in [6.07, 6.45) is 0.710. The Morgan fingerprint density at radius 3 is 2.77 bits per heavy atom. The maximum absolute atomic E-state index is 10.6. The van der Waals surface area contributed by atoms with Crippen LogP contribution in [0.5, 0.6) is 0 Å². The van der Waals surface area contributed by atoms with Crippen molar-refractivity contribution in [3.8, 4) is 0 Å². The number of hydrogen-bond donors (Lipinski definition) is 2. The standard InChI is InChI=1S/C8H11N3O2/c1-2-6-4-3-5-7(11(12)13)8(6)10-9/h3-5,10H,2,9H2,1H3. The first-order valence-electron chi connectivity index (χ1n) is 3.93. The molecule has 1 rings (SSSR count). The lowest BCUT2D eigenvalue weighted by molar-refractivity contribution is -0.384. The van der Waals surface area contributed by atoms with Crippen LogP contribution in [-0.4, -0.2) is 4.92 Å². The number of aryl methyl sites for hydroxylation is 1. The number of nitrogens with two attached hydrogens (primary N) is 1. The summed E-state index contributed by atoms with van der Waals surface area (Å²) in [4.78, 5) is 10.1. The normalized spacial score (nSPS) is 9.69. The largest absolute Gasteiger partial charge is 0.318 e. The second-order valence-corrected chi connectivity index (χ2v) is 2.57. The highest BCUT2D eigenvalue weighted by Crippen LogP contribution is 2.27. The summed E-state index contributed by atoms with van der Waals surface area (Å²) in [5, 5.41) is 10.6. The predicted octanol–water partition coefficient (Wildman–Crippen LogP) is 1.44. The fourth-order valence-corrected chi connectivity index (χ4v) is 1.20. The van der Waals surface area contributed by atoms with Crippen LogP contribution in [0.15, 0.2) is 18.2 Å². The molecule has 0 heterocycles. The van der Waals surface area contributed by atoms with Crippen molar-refractivity contribution >= 4 is 11.4 Å². The Bertz CT molecular complexity index is 325. The minimum Gasteiger partial charge on any atom is -0.318 e. The summed E-state index contributed by atoms with van der Waals surface area (Å²) >= 11 is 0. The quantitative estimate of drug-likeness (QED) is 0.420. The SMILES string of the molecule is CCc1cccc([N+](=O)[O-])c1NN. The van der Waals surface area contributed by atoms with Crippen LogP contribution in [0.4, 0.5) is 11.4 Å². The van der Waals surface area contributed by atoms with Crippen molar-refractivity contribution in [2.75, 3.05) is 5.43 Å². The van der Waals surface area contributed by atoms with Gasteiger partial charge in [0.1, 0.15) is 5.69 Å². The van der Waals surface area contributed by atoms with Gasteiger partial charge in [-0.05, 0) is 12.0 Å². The fourth-order valence-electron chi connectivity index (χ4n) is 1.20. The van der Waals surface area contributed by atoms with Gasteiger partial charge in [-0.25, -0.2) is 0 Å². The second kappa shape index (κ2) is 3.86. The van der Waals surface area contributed by atoms with Gasteiger partial charge < -0.3 is 5.43 Å². The molecule has 70 valence electrons. The van der Waals surface area contributed by atoms with Crippen molar-refractivity contribution in [1.29, 1.82) is 0 Å². The van der Waals surface area contributed by atoms with Gasteiger partial charge in [0.25, 0.3) is 5.69 Å². The third kappa shape index (κ3) is 1.75. The van der Waals surface area contributed by atoms with Crippen LogP contribution in [-0.2, 0) is 6.42 Å². The van der Waals surface area contributed by atoms with E-state index in [1.54, 1.807) is 6.07 Å². The number of rotatable bonds is 3. The Morgan fingerprint density at radius 1 is 1.62 bits per heavy atom. The first-order valence-corrected chi connectivity index (χ1v) is 3.93. The molecule has 1 aromatic rings. The van der Waals surface area contributed by atoms with E-state index < -0.39 is 4.92 Å². The summed E-state index contributed by atoms with van der Waals surface area (Å²) in [6.45, 7) is 1.92. The molecule has 0 aliphatic heterocycles. The van der Waals surface area contributed by atoms with E-state index in [-0.39, 0.29) is 5.69 Å². The molecule has 13 heavy (non-hydrogen) atoms. The maximum atomic E-state index is 10.6. The van der Waals surface area contributed by atoms with Crippen LogP contribution in [0.3, 0.4) is 0 Å². The zero-order valence-electron chi connectivity index (χ0n) is 7.28. The molecule has 0 amide bonds. The first-order chi connectivity index (χ1) is 6.20. The summed E-state index contributed by atoms with van der Waals surface area (Å²) in [5.41, 5.74) is 3.61. The number of benzene rings is 1. The van der Waals surface area contributed by atoms with Gasteiger partial charge in [0.15, 0.2) is 0 Å². The van der Waals surface area contributed by atoms with Crippen LogP contribution >= 0.6 is 0 Å². The summed E-state index contributed by atoms with van der Waals surface area (Å²) < 4.78 is 0. The molecule has 0 bridgehead atoms. The number of hydrogen-bond acceptors (Lipinski definition) is 4. The van der Waals surface area contributed by atoms with Crippen LogP contribution in [0, 0.1) is 10.1 Å². The van der Waals surface area contributed by atoms with Crippen molar-refractivity contribution in [2.45, 2.75) is 13.3 Å². The van der Waals surface area contributed by atoms with E-state index in [1.807, 2.05) is 13.0 Å². The van der Waals surface area contributed by atoms with E-state index in [1.165, 1.54) is 6.07 Å². The molecule has 0 aliphatic carbocycles. The maximum Gasteiger partial charge on any atom is 0.293 e. The summed E-state index contributed by atoms with van der Waals surface area (Å²) in [6, 6.07) is 4.88. The lowest BCUT2D eigenvalue weighted by atomic mass is 10.1. The van der Waals surface area contributed by atoms with Gasteiger partial charge >= 0.3 is 0 Å². The highest BCUT2D eigenvalue weighted by atomic mass is 16.6. The Hall–Kier alpha value is -1.62. The van der Waals surface area contributed by atoms with Crippen molar-refractivity contribution < 1.29 is 4.92 Å². The van der Waals surface area contributed by atoms with Crippen LogP contribution in [0.25, 0.3) is 0 Å². The number of nitrogens with zero attached hydrogens (tertiary/aromatic N) is 1. The van der Waals surface area contributed by atoms with E-state index in [4.69, 9.17) is 5.84 Å². The van der Waals surface area contributed by atoms with Gasteiger partial charge in [-0.3, -0.25) is 16.0 Å². The fraction of sp³-hybridized carbons (Fsp3) is 0.250. The molecule has 0 aromatic heterocycles. The van der Waals surface area contributed by atoms with Gasteiger partial charge in [0.05, 0.1) is 4.92 Å². The smallest absolute Gasteiger partial charge is 0.293 e. The third-order valence-electron chi connectivity index (χ3n) is 1.85. The number of nitrogens with one attached hydrogen (secondary N) is 1. The molecular formula is C8H11N3O2. The molecule has 5 heteroatoms. The lowest BCUT2D eigenvalue weighted by Gasteiger charge is -2.06. The summed E-state index contributed by atoms with van der Waals surface area (Å²) in [7, 11) is 0. The Labute approximate surface area is 75.7 Å². The molecule has 0 atom stereocenters. The lowest BCUT2D eigenvalue weighted by Crippen LogP contribution is -2.11. The minimum absolute atomic E-state index is 0.0156. The van der Waals surface area contributed by atoms with E-state index in [0.29, 0.717) is 12.1 Å². The molecule has 0 spiro atoms. The van der Waals surface area contributed by atoms with Crippen LogP contribution < -0.4 is 11.3 Å². The van der Waals surface area contributed by atoms with Crippen LogP contribution in [0.2, 0.25) is 0 Å². The van der Waals surface area contributed by atoms with Crippen molar-refractivity contribution in [2.24, 2.45) is 5.84 Å². The van der Waals surface area contributed by atoms with Gasteiger partial charge in [0.2, 0.25) is 0 Å². The van der Waals surface area contributed by atoms with E-state index >= 15 is 0 Å². The van der Waals surface area contributed by atoms with E-state index in [0.717, 1.165) is 5.56 Å². The molecule has 3 N–H and O–H groups in total. The molecule has 0 saturated carbocycles. The van der Waals surface area contributed by atoms with Gasteiger partial charge in [-0.15, -0.1) is 0 Å². The van der Waals surface area contributed by atoms with Crippen molar-refractivity contribution in [3.05, 3.63) is 33.9 Å². The third-order valence-corrected chi connectivity index (χ3v) is 1.85. The van der Waals surface area contributed by atoms with E-state index in [2.05, 4.69) is 5.43 Å². The Kier molecular flexibility index (Phi) is 2.81. The van der Waals surface area contributed by atoms with E-state index in [9.17, 15) is 10.1 Å². The topological polar surface area (TPSA) is 81.2 Å². The Morgan fingerprint density at radius 2 is 2.31 bits per heavy atom. The average Bonchev–Trinajstić information content (AvgIpc) is 2.16. The highest BCUT2D eigenvalue weighted by Gasteiger charge is 2.14. The molecule has 0 radical (unpaired) electrons. The average molecular weight is 181 g/mol. The highest BCUT2D eigenvalue weighted by molar-refractivity contribution is 5.65. The van der Waals surface area contributed by atoms with Gasteiger partial charge in [-0.2, -0.15) is 0 Å². The number of hydrazine groups is 1. The molecule has 5 nitrogen and oxygen atoms in total. The molecule has 0 aliphatic rings. The predicted molar refractivity (Wildman–Crippen MR) is 50.3 cm³/mol. The van der Waals surface area contributed by atoms with Gasteiger partial charge in [-0.1, -0.05) is 19.1 Å². The van der Waals surface area contributed by atoms with Crippen molar-refractivity contribution in [3.63, 3.8) is 0 Å². The Balaban J connectivity index is 3.27.